The molecule has 136 valence electrons. The molecule has 0 aliphatic carbocycles. The van der Waals surface area contributed by atoms with E-state index in [0.29, 0.717) is 0 Å². The van der Waals surface area contributed by atoms with Gasteiger partial charge >= 0.3 is 6.18 Å². The molecule has 2 saturated heterocycles. The lowest BCUT2D eigenvalue weighted by atomic mass is 10.1. The van der Waals surface area contributed by atoms with Crippen molar-refractivity contribution in [2.75, 3.05) is 22.3 Å². The molecule has 2 fully saturated rings. The molecule has 2 atom stereocenters. The minimum atomic E-state index is -4.63. The number of benzene rings is 1. The number of amidine groups is 1. The Bertz CT molecular complexity index is 842. The molecule has 0 aromatic heterocycles. The summed E-state index contributed by atoms with van der Waals surface area (Å²) in [5.74, 6) is -1.56. The molecule has 0 unspecified atom stereocenters. The molecule has 1 amide bonds. The summed E-state index contributed by atoms with van der Waals surface area (Å²) < 4.78 is 63.9. The van der Waals surface area contributed by atoms with Crippen molar-refractivity contribution < 1.29 is 26.4 Å². The second-order valence-corrected chi connectivity index (χ2v) is 9.23. The lowest BCUT2D eigenvalue weighted by Crippen LogP contribution is -2.39. The van der Waals surface area contributed by atoms with Crippen molar-refractivity contribution in [2.24, 2.45) is 4.99 Å². The molecule has 0 bridgehead atoms. The zero-order valence-electron chi connectivity index (χ0n) is 12.5. The van der Waals surface area contributed by atoms with Gasteiger partial charge < -0.3 is 4.90 Å². The van der Waals surface area contributed by atoms with E-state index >= 15 is 0 Å². The first kappa shape index (κ1) is 18.5. The number of carbonyl (C=O) groups excluding carboxylic acids is 1. The van der Waals surface area contributed by atoms with E-state index in [-0.39, 0.29) is 22.4 Å². The molecule has 5 nitrogen and oxygen atoms in total. The van der Waals surface area contributed by atoms with Crippen molar-refractivity contribution in [2.45, 2.75) is 17.5 Å². The number of halogens is 4. The second kappa shape index (κ2) is 6.48. The van der Waals surface area contributed by atoms with Crippen LogP contribution in [0, 0.1) is 0 Å². The van der Waals surface area contributed by atoms with Crippen LogP contribution in [0.25, 0.3) is 0 Å². The van der Waals surface area contributed by atoms with Crippen LogP contribution >= 0.6 is 23.4 Å². The highest BCUT2D eigenvalue weighted by molar-refractivity contribution is 8.16. The van der Waals surface area contributed by atoms with Crippen LogP contribution in [0.3, 0.4) is 0 Å². The van der Waals surface area contributed by atoms with Crippen LogP contribution in [-0.2, 0) is 20.8 Å². The lowest BCUT2D eigenvalue weighted by Gasteiger charge is -2.27. The number of aliphatic imine (C=N–C) groups is 1. The molecule has 25 heavy (non-hydrogen) atoms. The Morgan fingerprint density at radius 2 is 2.00 bits per heavy atom. The van der Waals surface area contributed by atoms with Gasteiger partial charge in [0.25, 0.3) is 5.91 Å². The SMILES string of the molecule is O=C(CCl)N=C1S[C@@H]2CS(=O)(=O)C[C@H]2N1c1ccccc1C(F)(F)F. The second-order valence-electron chi connectivity index (χ2n) is 5.61. The number of fused-ring (bicyclic) bond motifs is 1. The third kappa shape index (κ3) is 3.65. The van der Waals surface area contributed by atoms with Crippen LogP contribution in [0.4, 0.5) is 18.9 Å². The smallest absolute Gasteiger partial charge is 0.315 e. The molecule has 3 rings (SSSR count). The Labute approximate surface area is 151 Å². The molecule has 2 aliphatic heterocycles. The molecule has 2 aliphatic rings. The number of nitrogens with zero attached hydrogens (tertiary/aromatic N) is 2. The molecule has 1 aromatic carbocycles. The Morgan fingerprint density at radius 3 is 2.64 bits per heavy atom. The van der Waals surface area contributed by atoms with Gasteiger partial charge in [0.15, 0.2) is 15.0 Å². The molecular formula is C14H12ClF3N2O3S2. The lowest BCUT2D eigenvalue weighted by molar-refractivity contribution is -0.137. The number of para-hydroxylation sites is 1. The fraction of sp³-hybridized carbons (Fsp3) is 0.429. The number of rotatable bonds is 2. The van der Waals surface area contributed by atoms with Crippen LogP contribution in [0.1, 0.15) is 5.56 Å². The van der Waals surface area contributed by atoms with E-state index in [1.807, 2.05) is 0 Å². The van der Waals surface area contributed by atoms with Crippen molar-refractivity contribution in [3.63, 3.8) is 0 Å². The minimum Gasteiger partial charge on any atom is -0.315 e. The van der Waals surface area contributed by atoms with Crippen molar-refractivity contribution in [1.82, 2.24) is 0 Å². The van der Waals surface area contributed by atoms with E-state index in [4.69, 9.17) is 11.6 Å². The van der Waals surface area contributed by atoms with Crippen LogP contribution in [-0.4, -0.2) is 48.2 Å². The zero-order valence-corrected chi connectivity index (χ0v) is 14.9. The Balaban J connectivity index is 2.12. The van der Waals surface area contributed by atoms with Gasteiger partial charge in [-0.15, -0.1) is 11.6 Å². The fourth-order valence-corrected chi connectivity index (χ4v) is 6.89. The van der Waals surface area contributed by atoms with E-state index in [1.54, 1.807) is 0 Å². The van der Waals surface area contributed by atoms with Gasteiger partial charge in [-0.25, -0.2) is 8.42 Å². The molecule has 11 heteroatoms. The van der Waals surface area contributed by atoms with Gasteiger partial charge in [-0.1, -0.05) is 23.9 Å². The summed E-state index contributed by atoms with van der Waals surface area (Å²) in [6.07, 6.45) is -4.63. The van der Waals surface area contributed by atoms with Crippen LogP contribution in [0.2, 0.25) is 0 Å². The largest absolute Gasteiger partial charge is 0.418 e. The molecule has 0 spiro atoms. The number of hydrogen-bond donors (Lipinski definition) is 0. The van der Waals surface area contributed by atoms with Crippen LogP contribution < -0.4 is 4.90 Å². The molecule has 0 radical (unpaired) electrons. The number of amides is 1. The highest BCUT2D eigenvalue weighted by Crippen LogP contribution is 2.45. The highest BCUT2D eigenvalue weighted by atomic mass is 35.5. The average molecular weight is 413 g/mol. The van der Waals surface area contributed by atoms with Gasteiger partial charge in [-0.2, -0.15) is 18.2 Å². The standard InChI is InChI=1S/C14H12ClF3N2O3S2/c15-5-12(21)19-13-20(10-6-25(22,23)7-11(10)24-13)9-4-2-1-3-8(9)14(16,17)18/h1-4,10-11H,5-7H2/t10-,11-/m1/s1. The molecule has 0 N–H and O–H groups in total. The summed E-state index contributed by atoms with van der Waals surface area (Å²) in [6.45, 7) is 0. The third-order valence-corrected chi connectivity index (χ3v) is 7.31. The topological polar surface area (TPSA) is 66.8 Å². The highest BCUT2D eigenvalue weighted by Gasteiger charge is 2.51. The Kier molecular flexibility index (Phi) is 4.80. The number of thioether (sulfide) groups is 1. The fourth-order valence-electron chi connectivity index (χ4n) is 2.91. The van der Waals surface area contributed by atoms with Gasteiger partial charge in [0.05, 0.1) is 28.8 Å². The number of sulfone groups is 1. The third-order valence-electron chi connectivity index (χ3n) is 3.87. The number of carbonyl (C=O) groups is 1. The zero-order chi connectivity index (χ0) is 18.4. The Hall–Kier alpha value is -1.26. The summed E-state index contributed by atoms with van der Waals surface area (Å²) in [5.41, 5.74) is -1.13. The summed E-state index contributed by atoms with van der Waals surface area (Å²) in [4.78, 5) is 16.6. The van der Waals surface area contributed by atoms with Gasteiger partial charge in [0.2, 0.25) is 0 Å². The van der Waals surface area contributed by atoms with Gasteiger partial charge in [-0.3, -0.25) is 4.79 Å². The predicted molar refractivity (Wildman–Crippen MR) is 90.9 cm³/mol. The monoisotopic (exact) mass is 412 g/mol. The van der Waals surface area contributed by atoms with Gasteiger partial charge in [0.1, 0.15) is 5.88 Å². The Morgan fingerprint density at radius 1 is 1.32 bits per heavy atom. The quantitative estimate of drug-likeness (QED) is 0.698. The van der Waals surface area contributed by atoms with E-state index in [1.165, 1.54) is 23.1 Å². The molecule has 2 heterocycles. The first-order valence-corrected chi connectivity index (χ1v) is 10.4. The van der Waals surface area contributed by atoms with E-state index in [0.717, 1.165) is 17.8 Å². The maximum atomic E-state index is 13.4. The van der Waals surface area contributed by atoms with E-state index in [9.17, 15) is 26.4 Å². The van der Waals surface area contributed by atoms with Gasteiger partial charge in [-0.05, 0) is 12.1 Å². The normalized spacial score (nSPS) is 26.9. The van der Waals surface area contributed by atoms with Crippen LogP contribution in [0.5, 0.6) is 0 Å². The summed E-state index contributed by atoms with van der Waals surface area (Å²) in [7, 11) is -3.36. The number of anilines is 1. The summed E-state index contributed by atoms with van der Waals surface area (Å²) >= 11 is 6.43. The van der Waals surface area contributed by atoms with E-state index in [2.05, 4.69) is 4.99 Å². The maximum Gasteiger partial charge on any atom is 0.418 e. The maximum absolute atomic E-state index is 13.4. The van der Waals surface area contributed by atoms with Crippen LogP contribution in [0.15, 0.2) is 29.3 Å². The van der Waals surface area contributed by atoms with Crippen molar-refractivity contribution in [3.05, 3.63) is 29.8 Å². The van der Waals surface area contributed by atoms with Gasteiger partial charge in [0, 0.05) is 5.25 Å². The molecule has 1 aromatic rings. The van der Waals surface area contributed by atoms with Crippen molar-refractivity contribution in [1.29, 1.82) is 0 Å². The van der Waals surface area contributed by atoms with Crippen molar-refractivity contribution >= 4 is 50.0 Å². The first-order valence-electron chi connectivity index (χ1n) is 7.12. The van der Waals surface area contributed by atoms with Crippen molar-refractivity contribution in [3.8, 4) is 0 Å². The molecular weight excluding hydrogens is 401 g/mol. The first-order chi connectivity index (χ1) is 11.6. The summed E-state index contributed by atoms with van der Waals surface area (Å²) in [5, 5.41) is -0.430. The average Bonchev–Trinajstić information content (AvgIpc) is 2.97. The predicted octanol–water partition coefficient (Wildman–Crippen LogP) is 2.55. The molecule has 0 saturated carbocycles. The van der Waals surface area contributed by atoms with E-state index < -0.39 is 44.7 Å². The summed E-state index contributed by atoms with van der Waals surface area (Å²) in [6, 6.07) is 4.13. The minimum absolute atomic E-state index is 0.0484. The number of hydrogen-bond acceptors (Lipinski definition) is 4. The number of alkyl halides is 4.